The Kier molecular flexibility index (Phi) is 5.42. The number of anilines is 1. The van der Waals surface area contributed by atoms with Crippen molar-refractivity contribution in [1.82, 2.24) is 19.1 Å². The number of rotatable bonds is 6. The monoisotopic (exact) mass is 385 g/mol. The van der Waals surface area contributed by atoms with Gasteiger partial charge in [-0.25, -0.2) is 14.3 Å². The molecule has 1 unspecified atom stereocenters. The average Bonchev–Trinajstić information content (AvgIpc) is 3.09. The van der Waals surface area contributed by atoms with Gasteiger partial charge in [-0.2, -0.15) is 4.98 Å². The summed E-state index contributed by atoms with van der Waals surface area (Å²) in [7, 11) is -1.08. The molecule has 3 rings (SSSR count). The molecular formula is C15H23N5O5S. The highest BCUT2D eigenvalue weighted by molar-refractivity contribution is 7.84. The Hall–Kier alpha value is -1.82. The van der Waals surface area contributed by atoms with Gasteiger partial charge in [-0.1, -0.05) is 6.92 Å². The third-order valence-electron chi connectivity index (χ3n) is 4.55. The number of nitrogens with zero attached hydrogens (tertiary/aromatic N) is 4. The third kappa shape index (κ3) is 3.39. The summed E-state index contributed by atoms with van der Waals surface area (Å²) in [6.45, 7) is 2.02. The minimum atomic E-state index is -1.08. The van der Waals surface area contributed by atoms with Crippen LogP contribution >= 0.6 is 0 Å². The fourth-order valence-electron chi connectivity index (χ4n) is 3.16. The minimum Gasteiger partial charge on any atom is -0.390 e. The van der Waals surface area contributed by atoms with Crippen molar-refractivity contribution in [2.45, 2.75) is 50.8 Å². The van der Waals surface area contributed by atoms with E-state index in [0.29, 0.717) is 11.9 Å². The first-order valence-corrected chi connectivity index (χ1v) is 10.1. The molecule has 0 bridgehead atoms. The highest BCUT2D eigenvalue weighted by Crippen LogP contribution is 2.32. The van der Waals surface area contributed by atoms with Gasteiger partial charge in [0.05, 0.1) is 18.4 Å². The first-order chi connectivity index (χ1) is 12.3. The van der Waals surface area contributed by atoms with E-state index in [2.05, 4.69) is 9.97 Å². The van der Waals surface area contributed by atoms with Crippen molar-refractivity contribution in [2.75, 3.05) is 17.7 Å². The van der Waals surface area contributed by atoms with Gasteiger partial charge in [0, 0.05) is 35.8 Å². The van der Waals surface area contributed by atoms with Crippen molar-refractivity contribution in [3.8, 4) is 0 Å². The summed E-state index contributed by atoms with van der Waals surface area (Å²) in [6.07, 6.45) is 0.380. The van der Waals surface area contributed by atoms with E-state index in [4.69, 9.17) is 10.5 Å². The Bertz CT molecular complexity index is 881. The summed E-state index contributed by atoms with van der Waals surface area (Å²) in [4.78, 5) is 21.0. The van der Waals surface area contributed by atoms with Gasteiger partial charge < -0.3 is 20.7 Å². The number of aromatic nitrogens is 4. The van der Waals surface area contributed by atoms with E-state index < -0.39 is 41.0 Å². The number of nitrogen functional groups attached to an aromatic ring is 1. The Morgan fingerprint density at radius 3 is 2.92 bits per heavy atom. The zero-order valence-corrected chi connectivity index (χ0v) is 15.4. The van der Waals surface area contributed by atoms with Gasteiger partial charge in [0.25, 0.3) is 0 Å². The summed E-state index contributed by atoms with van der Waals surface area (Å²) < 4.78 is 19.8. The molecule has 5 atom stereocenters. The number of hydrogen-bond acceptors (Lipinski definition) is 8. The van der Waals surface area contributed by atoms with Crippen LogP contribution in [-0.2, 0) is 22.1 Å². The second-order valence-corrected chi connectivity index (χ2v) is 7.92. The molecule has 0 amide bonds. The molecule has 0 saturated carbocycles. The lowest BCUT2D eigenvalue weighted by Gasteiger charge is -2.18. The molecule has 1 saturated heterocycles. The molecule has 1 aliphatic rings. The van der Waals surface area contributed by atoms with Crippen molar-refractivity contribution in [3.05, 3.63) is 16.7 Å². The standard InChI is InChI=1S/C15H23N5O5S/c1-3-9(21)11-6-10(22)13(25-11)20-12-8(7-17-14(16)18-12)19(15(20)23)4-5-26(2)24/h7,9-11,13,21-22H,3-6H2,1-2H3,(H2,16,17,18)/t9-,10+,11-,13+,26?/m0/s1. The highest BCUT2D eigenvalue weighted by atomic mass is 32.2. The first-order valence-electron chi connectivity index (χ1n) is 8.38. The van der Waals surface area contributed by atoms with Crippen LogP contribution < -0.4 is 11.4 Å². The molecule has 2 aromatic rings. The predicted octanol–water partition coefficient (Wildman–Crippen LogP) is -1.03. The molecule has 0 aromatic carbocycles. The largest absolute Gasteiger partial charge is 0.390 e. The summed E-state index contributed by atoms with van der Waals surface area (Å²) in [5.41, 5.74) is 5.87. The zero-order chi connectivity index (χ0) is 19.0. The van der Waals surface area contributed by atoms with Crippen molar-refractivity contribution >= 4 is 27.9 Å². The van der Waals surface area contributed by atoms with Crippen molar-refractivity contribution < 1.29 is 19.2 Å². The van der Waals surface area contributed by atoms with Crippen LogP contribution in [0.1, 0.15) is 26.0 Å². The lowest BCUT2D eigenvalue weighted by atomic mass is 10.1. The molecule has 1 fully saturated rings. The fourth-order valence-corrected chi connectivity index (χ4v) is 3.60. The van der Waals surface area contributed by atoms with Crippen LogP contribution in [0.4, 0.5) is 5.95 Å². The number of aliphatic hydroxyl groups excluding tert-OH is 2. The van der Waals surface area contributed by atoms with Crippen molar-refractivity contribution in [1.29, 1.82) is 0 Å². The van der Waals surface area contributed by atoms with E-state index in [9.17, 15) is 19.2 Å². The number of fused-ring (bicyclic) bond motifs is 1. The maximum absolute atomic E-state index is 13.0. The number of ether oxygens (including phenoxy) is 1. The number of aliphatic hydroxyl groups is 2. The van der Waals surface area contributed by atoms with Gasteiger partial charge >= 0.3 is 5.69 Å². The smallest absolute Gasteiger partial charge is 0.332 e. The number of imidazole rings is 1. The summed E-state index contributed by atoms with van der Waals surface area (Å²) in [6, 6.07) is 0. The maximum atomic E-state index is 13.0. The molecular weight excluding hydrogens is 362 g/mol. The molecule has 0 radical (unpaired) electrons. The minimum absolute atomic E-state index is 0.0138. The Morgan fingerprint density at radius 1 is 1.54 bits per heavy atom. The molecule has 0 spiro atoms. The average molecular weight is 385 g/mol. The van der Waals surface area contributed by atoms with E-state index in [0.717, 1.165) is 0 Å². The molecule has 4 N–H and O–H groups in total. The van der Waals surface area contributed by atoms with E-state index in [1.54, 1.807) is 6.26 Å². The number of aryl methyl sites for hydroxylation is 1. The van der Waals surface area contributed by atoms with E-state index in [-0.39, 0.29) is 30.3 Å². The van der Waals surface area contributed by atoms with Crippen LogP contribution in [-0.4, -0.2) is 63.8 Å². The topological polar surface area (TPSA) is 145 Å². The Labute approximate surface area is 152 Å². The molecule has 0 aliphatic carbocycles. The van der Waals surface area contributed by atoms with Crippen LogP contribution in [0.5, 0.6) is 0 Å². The van der Waals surface area contributed by atoms with Crippen LogP contribution in [0.15, 0.2) is 11.0 Å². The SMILES string of the molecule is CC[C@H](O)[C@@H]1C[C@@H](O)[C@H](n2c(=O)n(CCS(C)=O)c3cnc(N)nc32)O1. The second-order valence-electron chi connectivity index (χ2n) is 6.36. The molecule has 10 nitrogen and oxygen atoms in total. The molecule has 3 heterocycles. The van der Waals surface area contributed by atoms with Gasteiger partial charge in [-0.15, -0.1) is 0 Å². The number of nitrogens with two attached hydrogens (primary N) is 1. The maximum Gasteiger partial charge on any atom is 0.332 e. The lowest BCUT2D eigenvalue weighted by molar-refractivity contribution is -0.0759. The summed E-state index contributed by atoms with van der Waals surface area (Å²) >= 11 is 0. The molecule has 2 aromatic heterocycles. The normalized spacial score (nSPS) is 25.6. The quantitative estimate of drug-likeness (QED) is 0.572. The van der Waals surface area contributed by atoms with E-state index >= 15 is 0 Å². The predicted molar refractivity (Wildman–Crippen MR) is 96.0 cm³/mol. The van der Waals surface area contributed by atoms with Crippen LogP contribution in [0.25, 0.3) is 11.2 Å². The van der Waals surface area contributed by atoms with Crippen molar-refractivity contribution in [3.63, 3.8) is 0 Å². The summed E-state index contributed by atoms with van der Waals surface area (Å²) in [5.74, 6) is 0.273. The fraction of sp³-hybridized carbons (Fsp3) is 0.667. The van der Waals surface area contributed by atoms with Crippen molar-refractivity contribution in [2.24, 2.45) is 0 Å². The third-order valence-corrected chi connectivity index (χ3v) is 5.30. The van der Waals surface area contributed by atoms with Gasteiger partial charge in [-0.05, 0) is 6.42 Å². The van der Waals surface area contributed by atoms with E-state index in [1.807, 2.05) is 6.92 Å². The van der Waals surface area contributed by atoms with Gasteiger partial charge in [-0.3, -0.25) is 8.78 Å². The first kappa shape index (κ1) is 19.0. The Balaban J connectivity index is 2.08. The zero-order valence-electron chi connectivity index (χ0n) is 14.6. The van der Waals surface area contributed by atoms with Gasteiger partial charge in [0.15, 0.2) is 11.9 Å². The highest BCUT2D eigenvalue weighted by Gasteiger charge is 2.40. The van der Waals surface area contributed by atoms with Gasteiger partial charge in [0.1, 0.15) is 11.6 Å². The molecule has 11 heteroatoms. The van der Waals surface area contributed by atoms with Crippen LogP contribution in [0.2, 0.25) is 0 Å². The Morgan fingerprint density at radius 2 is 2.27 bits per heavy atom. The molecule has 144 valence electrons. The lowest BCUT2D eigenvalue weighted by Crippen LogP contribution is -2.33. The van der Waals surface area contributed by atoms with E-state index in [1.165, 1.54) is 15.3 Å². The second kappa shape index (κ2) is 7.43. The number of hydrogen-bond donors (Lipinski definition) is 3. The van der Waals surface area contributed by atoms with Crippen LogP contribution in [0.3, 0.4) is 0 Å². The molecule has 26 heavy (non-hydrogen) atoms. The van der Waals surface area contributed by atoms with Gasteiger partial charge in [0.2, 0.25) is 5.95 Å². The summed E-state index contributed by atoms with van der Waals surface area (Å²) in [5, 5.41) is 20.4. The molecule has 1 aliphatic heterocycles. The van der Waals surface area contributed by atoms with Crippen LogP contribution in [0, 0.1) is 0 Å².